The number of nitrogens with two attached hydrogens (primary N) is 1. The predicted octanol–water partition coefficient (Wildman–Crippen LogP) is 2.34. The van der Waals surface area contributed by atoms with E-state index in [0.29, 0.717) is 17.7 Å². The zero-order chi connectivity index (χ0) is 16.7. The Balaban J connectivity index is 1.97. The maximum absolute atomic E-state index is 5.97. The molecule has 0 fully saturated rings. The van der Waals surface area contributed by atoms with Crippen LogP contribution in [-0.4, -0.2) is 29.7 Å². The first-order chi connectivity index (χ1) is 11.7. The number of fused-ring (bicyclic) bond motifs is 3. The van der Waals surface area contributed by atoms with Crippen molar-refractivity contribution >= 4 is 22.9 Å². The Morgan fingerprint density at radius 3 is 2.75 bits per heavy atom. The topological polar surface area (TPSA) is 86.7 Å². The summed E-state index contributed by atoms with van der Waals surface area (Å²) in [5, 5.41) is 3.02. The summed E-state index contributed by atoms with van der Waals surface area (Å²) >= 11 is 0. The third-order valence-corrected chi connectivity index (χ3v) is 4.06. The van der Waals surface area contributed by atoms with Gasteiger partial charge in [-0.15, -0.1) is 0 Å². The number of imidazole rings is 1. The summed E-state index contributed by atoms with van der Waals surface area (Å²) < 4.78 is 12.9. The molecule has 24 heavy (non-hydrogen) atoms. The van der Waals surface area contributed by atoms with E-state index in [2.05, 4.69) is 15.3 Å². The maximum atomic E-state index is 5.97. The lowest BCUT2D eigenvalue weighted by atomic mass is 10.1. The first-order valence-electron chi connectivity index (χ1n) is 7.50. The minimum atomic E-state index is -0.390. The van der Waals surface area contributed by atoms with Crippen molar-refractivity contribution in [3.05, 3.63) is 48.0 Å². The molecule has 7 heteroatoms. The van der Waals surface area contributed by atoms with E-state index in [1.54, 1.807) is 14.2 Å². The number of methoxy groups -OCH3 is 2. The van der Waals surface area contributed by atoms with Crippen LogP contribution in [0.3, 0.4) is 0 Å². The third-order valence-electron chi connectivity index (χ3n) is 4.06. The Morgan fingerprint density at radius 1 is 1.12 bits per heavy atom. The number of aromatic nitrogens is 2. The largest absolute Gasteiger partial charge is 0.497 e. The highest BCUT2D eigenvalue weighted by molar-refractivity contribution is 5.94. The molecule has 2 heterocycles. The molecule has 1 atom stereocenters. The van der Waals surface area contributed by atoms with E-state index >= 15 is 0 Å². The summed E-state index contributed by atoms with van der Waals surface area (Å²) in [6, 6.07) is 13.5. The fourth-order valence-electron chi connectivity index (χ4n) is 2.97. The molecular formula is C17H17N5O2. The highest BCUT2D eigenvalue weighted by Crippen LogP contribution is 2.37. The predicted molar refractivity (Wildman–Crippen MR) is 92.7 cm³/mol. The van der Waals surface area contributed by atoms with Gasteiger partial charge in [-0.2, -0.15) is 0 Å². The van der Waals surface area contributed by atoms with Gasteiger partial charge >= 0.3 is 0 Å². The van der Waals surface area contributed by atoms with Crippen molar-refractivity contribution in [2.45, 2.75) is 6.17 Å². The van der Waals surface area contributed by atoms with Crippen molar-refractivity contribution in [2.24, 2.45) is 10.7 Å². The van der Waals surface area contributed by atoms with E-state index < -0.39 is 6.17 Å². The van der Waals surface area contributed by atoms with Gasteiger partial charge in [0, 0.05) is 5.56 Å². The van der Waals surface area contributed by atoms with Crippen LogP contribution in [-0.2, 0) is 0 Å². The summed E-state index contributed by atoms with van der Waals surface area (Å²) in [4.78, 5) is 9.17. The number of aliphatic imine (C=N–C) groups is 1. The van der Waals surface area contributed by atoms with Crippen molar-refractivity contribution in [3.8, 4) is 11.5 Å². The smallest absolute Gasteiger partial charge is 0.212 e. The molecule has 4 rings (SSSR count). The van der Waals surface area contributed by atoms with Gasteiger partial charge in [0.25, 0.3) is 0 Å². The van der Waals surface area contributed by atoms with Gasteiger partial charge in [-0.05, 0) is 30.3 Å². The highest BCUT2D eigenvalue weighted by atomic mass is 16.5. The molecule has 2 aromatic carbocycles. The number of nitrogens with zero attached hydrogens (tertiary/aromatic N) is 3. The molecule has 3 N–H and O–H groups in total. The zero-order valence-electron chi connectivity index (χ0n) is 13.4. The summed E-state index contributed by atoms with van der Waals surface area (Å²) in [5.74, 6) is 2.40. The number of rotatable bonds is 3. The summed E-state index contributed by atoms with van der Waals surface area (Å²) in [6.07, 6.45) is -0.390. The van der Waals surface area contributed by atoms with Gasteiger partial charge in [-0.3, -0.25) is 9.88 Å². The Morgan fingerprint density at radius 2 is 1.96 bits per heavy atom. The number of hydrogen-bond acceptors (Lipinski definition) is 6. The lowest BCUT2D eigenvalue weighted by Gasteiger charge is -2.25. The molecule has 1 aromatic heterocycles. The van der Waals surface area contributed by atoms with Gasteiger partial charge in [0.2, 0.25) is 5.95 Å². The normalized spacial score (nSPS) is 16.2. The Hall–Kier alpha value is -3.22. The molecule has 1 aliphatic rings. The summed E-state index contributed by atoms with van der Waals surface area (Å²) in [6.45, 7) is 0. The molecule has 3 aromatic rings. The Labute approximate surface area is 138 Å². The Kier molecular flexibility index (Phi) is 3.26. The number of ether oxygens (including phenoxy) is 2. The van der Waals surface area contributed by atoms with Crippen LogP contribution in [0.1, 0.15) is 11.7 Å². The SMILES string of the molecule is COc1ccc(OC)c([C@@H]2N=C(N)Nc3nc4ccccc4n32)c1. The molecule has 0 radical (unpaired) electrons. The number of para-hydroxylation sites is 2. The first kappa shape index (κ1) is 14.4. The average Bonchev–Trinajstić information content (AvgIpc) is 2.98. The third kappa shape index (κ3) is 2.13. The average molecular weight is 323 g/mol. The second-order valence-corrected chi connectivity index (χ2v) is 5.42. The molecule has 7 nitrogen and oxygen atoms in total. The molecule has 0 unspecified atom stereocenters. The number of hydrogen-bond donors (Lipinski definition) is 2. The van der Waals surface area contributed by atoms with Crippen LogP contribution in [0.4, 0.5) is 5.95 Å². The van der Waals surface area contributed by atoms with Crippen LogP contribution in [0, 0.1) is 0 Å². The van der Waals surface area contributed by atoms with E-state index in [4.69, 9.17) is 15.2 Å². The summed E-state index contributed by atoms with van der Waals surface area (Å²) in [7, 11) is 3.26. The second kappa shape index (κ2) is 5.45. The number of guanidine groups is 1. The molecule has 0 bridgehead atoms. The zero-order valence-corrected chi connectivity index (χ0v) is 13.4. The van der Waals surface area contributed by atoms with Crippen LogP contribution < -0.4 is 20.5 Å². The van der Waals surface area contributed by atoms with Gasteiger partial charge in [-0.25, -0.2) is 9.98 Å². The molecule has 0 spiro atoms. The molecule has 0 saturated carbocycles. The molecule has 0 aliphatic carbocycles. The van der Waals surface area contributed by atoms with Crippen LogP contribution in [0.5, 0.6) is 11.5 Å². The lowest BCUT2D eigenvalue weighted by molar-refractivity contribution is 0.392. The van der Waals surface area contributed by atoms with Crippen LogP contribution >= 0.6 is 0 Å². The van der Waals surface area contributed by atoms with E-state index in [1.807, 2.05) is 47.0 Å². The minimum absolute atomic E-state index is 0.313. The quantitative estimate of drug-likeness (QED) is 0.772. The number of anilines is 1. The van der Waals surface area contributed by atoms with Crippen molar-refractivity contribution in [1.82, 2.24) is 9.55 Å². The lowest BCUT2D eigenvalue weighted by Crippen LogP contribution is -2.31. The second-order valence-electron chi connectivity index (χ2n) is 5.42. The van der Waals surface area contributed by atoms with Gasteiger partial charge in [-0.1, -0.05) is 12.1 Å². The maximum Gasteiger partial charge on any atom is 0.212 e. The highest BCUT2D eigenvalue weighted by Gasteiger charge is 2.27. The van der Waals surface area contributed by atoms with Crippen molar-refractivity contribution < 1.29 is 9.47 Å². The standard InChI is InChI=1S/C17H17N5O2/c1-23-10-7-8-14(24-2)11(9-10)15-20-16(18)21-17-19-12-5-3-4-6-13(12)22(15)17/h3-9,15H,1-2H3,(H3,18,19,20,21)/t15-/m1/s1. The molecule has 122 valence electrons. The fourth-order valence-corrected chi connectivity index (χ4v) is 2.97. The van der Waals surface area contributed by atoms with Crippen molar-refractivity contribution in [2.75, 3.05) is 19.5 Å². The van der Waals surface area contributed by atoms with Crippen molar-refractivity contribution in [3.63, 3.8) is 0 Å². The van der Waals surface area contributed by atoms with Crippen LogP contribution in [0.2, 0.25) is 0 Å². The van der Waals surface area contributed by atoms with Crippen molar-refractivity contribution in [1.29, 1.82) is 0 Å². The molecule has 1 aliphatic heterocycles. The van der Waals surface area contributed by atoms with E-state index in [-0.39, 0.29) is 0 Å². The molecular weight excluding hydrogens is 306 g/mol. The molecule has 0 saturated heterocycles. The van der Waals surface area contributed by atoms with Crippen LogP contribution in [0.15, 0.2) is 47.5 Å². The number of nitrogens with one attached hydrogen (secondary N) is 1. The van der Waals surface area contributed by atoms with E-state index in [9.17, 15) is 0 Å². The van der Waals surface area contributed by atoms with Gasteiger partial charge in [0.15, 0.2) is 12.1 Å². The van der Waals surface area contributed by atoms with E-state index in [0.717, 1.165) is 22.3 Å². The monoisotopic (exact) mass is 323 g/mol. The Bertz CT molecular complexity index is 947. The van der Waals surface area contributed by atoms with Gasteiger partial charge in [0.05, 0.1) is 25.3 Å². The fraction of sp³-hybridized carbons (Fsp3) is 0.176. The van der Waals surface area contributed by atoms with E-state index in [1.165, 1.54) is 0 Å². The first-order valence-corrected chi connectivity index (χ1v) is 7.50. The minimum Gasteiger partial charge on any atom is -0.497 e. The number of benzene rings is 2. The van der Waals surface area contributed by atoms with Gasteiger partial charge in [0.1, 0.15) is 11.5 Å². The summed E-state index contributed by atoms with van der Waals surface area (Å²) in [5.41, 5.74) is 8.66. The molecule has 0 amide bonds. The van der Waals surface area contributed by atoms with Gasteiger partial charge < -0.3 is 15.2 Å². The van der Waals surface area contributed by atoms with Crippen LogP contribution in [0.25, 0.3) is 11.0 Å².